The van der Waals surface area contributed by atoms with E-state index in [1.807, 2.05) is 30.3 Å². The molecule has 25 heavy (non-hydrogen) atoms. The van der Waals surface area contributed by atoms with Crippen molar-refractivity contribution in [2.75, 3.05) is 11.9 Å². The highest BCUT2D eigenvalue weighted by atomic mass is 79.9. The monoisotopic (exact) mass is 420 g/mol. The molecule has 0 aliphatic carbocycles. The standard InChI is InChI=1S/C19H21BrN2O2S/c1-3-13(2)16-6-4-5-7-17(16)21-19(25)22-18(23)12-24-15-10-8-14(20)9-11-15/h4-11,13H,3,12H2,1-2H3,(H2,21,22,23,25)/t13-/m0/s1. The second kappa shape index (κ2) is 9.53. The average Bonchev–Trinajstić information content (AvgIpc) is 2.61. The molecule has 0 aliphatic rings. The number of hydrogen-bond acceptors (Lipinski definition) is 3. The number of para-hydroxylation sites is 1. The van der Waals surface area contributed by atoms with Gasteiger partial charge >= 0.3 is 0 Å². The molecule has 0 saturated heterocycles. The Labute approximate surface area is 162 Å². The molecule has 0 spiro atoms. The lowest BCUT2D eigenvalue weighted by Crippen LogP contribution is -2.37. The zero-order chi connectivity index (χ0) is 18.2. The maximum atomic E-state index is 12.0. The number of benzene rings is 2. The molecule has 1 atom stereocenters. The van der Waals surface area contributed by atoms with Crippen LogP contribution >= 0.6 is 28.1 Å². The predicted molar refractivity (Wildman–Crippen MR) is 109 cm³/mol. The van der Waals surface area contributed by atoms with Crippen LogP contribution in [0, 0.1) is 0 Å². The Hall–Kier alpha value is -1.92. The highest BCUT2D eigenvalue weighted by molar-refractivity contribution is 9.10. The molecule has 2 aromatic carbocycles. The topological polar surface area (TPSA) is 50.4 Å². The third-order valence-electron chi connectivity index (χ3n) is 3.79. The number of carbonyl (C=O) groups excluding carboxylic acids is 1. The summed E-state index contributed by atoms with van der Waals surface area (Å²) in [5, 5.41) is 6.01. The quantitative estimate of drug-likeness (QED) is 0.655. The van der Waals surface area contributed by atoms with Gasteiger partial charge in [-0.2, -0.15) is 0 Å². The van der Waals surface area contributed by atoms with Gasteiger partial charge in [0.15, 0.2) is 11.7 Å². The highest BCUT2D eigenvalue weighted by Crippen LogP contribution is 2.26. The second-order valence-electron chi connectivity index (χ2n) is 5.64. The van der Waals surface area contributed by atoms with Crippen molar-refractivity contribution in [3.63, 3.8) is 0 Å². The first-order chi connectivity index (χ1) is 12.0. The first kappa shape index (κ1) is 19.4. The fourth-order valence-electron chi connectivity index (χ4n) is 2.26. The maximum absolute atomic E-state index is 12.0. The Balaban J connectivity index is 1.87. The Kier molecular flexibility index (Phi) is 7.40. The normalized spacial score (nSPS) is 11.5. The summed E-state index contributed by atoms with van der Waals surface area (Å²) in [5.41, 5.74) is 2.09. The molecule has 0 heterocycles. The summed E-state index contributed by atoms with van der Waals surface area (Å²) in [6.07, 6.45) is 1.03. The van der Waals surface area contributed by atoms with E-state index in [2.05, 4.69) is 46.5 Å². The molecule has 132 valence electrons. The number of carbonyl (C=O) groups is 1. The number of anilines is 1. The van der Waals surface area contributed by atoms with Gasteiger partial charge in [0.05, 0.1) is 0 Å². The lowest BCUT2D eigenvalue weighted by atomic mass is 9.97. The first-order valence-electron chi connectivity index (χ1n) is 8.07. The van der Waals surface area contributed by atoms with E-state index in [4.69, 9.17) is 17.0 Å². The van der Waals surface area contributed by atoms with Crippen molar-refractivity contribution in [3.05, 3.63) is 58.6 Å². The molecule has 2 N–H and O–H groups in total. The van der Waals surface area contributed by atoms with Gasteiger partial charge < -0.3 is 10.1 Å². The Morgan fingerprint density at radius 1 is 1.20 bits per heavy atom. The van der Waals surface area contributed by atoms with Crippen molar-refractivity contribution in [1.29, 1.82) is 0 Å². The van der Waals surface area contributed by atoms with Gasteiger partial charge in [0.1, 0.15) is 5.75 Å². The van der Waals surface area contributed by atoms with Gasteiger partial charge in [-0.3, -0.25) is 10.1 Å². The summed E-state index contributed by atoms with van der Waals surface area (Å²) >= 11 is 8.59. The number of hydrogen-bond donors (Lipinski definition) is 2. The SMILES string of the molecule is CC[C@H](C)c1ccccc1NC(=S)NC(=O)COc1ccc(Br)cc1. The number of rotatable bonds is 6. The van der Waals surface area contributed by atoms with E-state index in [1.165, 1.54) is 5.56 Å². The van der Waals surface area contributed by atoms with Crippen molar-refractivity contribution in [2.24, 2.45) is 0 Å². The largest absolute Gasteiger partial charge is 0.484 e. The zero-order valence-electron chi connectivity index (χ0n) is 14.2. The van der Waals surface area contributed by atoms with Crippen LogP contribution in [0.5, 0.6) is 5.75 Å². The molecule has 0 aromatic heterocycles. The molecule has 6 heteroatoms. The zero-order valence-corrected chi connectivity index (χ0v) is 16.6. The van der Waals surface area contributed by atoms with Crippen molar-refractivity contribution < 1.29 is 9.53 Å². The van der Waals surface area contributed by atoms with E-state index in [9.17, 15) is 4.79 Å². The van der Waals surface area contributed by atoms with E-state index in [0.29, 0.717) is 11.7 Å². The number of thiocarbonyl (C=S) groups is 1. The van der Waals surface area contributed by atoms with Crippen LogP contribution in [0.15, 0.2) is 53.0 Å². The van der Waals surface area contributed by atoms with E-state index in [1.54, 1.807) is 12.1 Å². The van der Waals surface area contributed by atoms with Gasteiger partial charge in [-0.05, 0) is 60.5 Å². The minimum atomic E-state index is -0.304. The fraction of sp³-hybridized carbons (Fsp3) is 0.263. The smallest absolute Gasteiger partial charge is 0.264 e. The van der Waals surface area contributed by atoms with Crippen LogP contribution in [0.25, 0.3) is 0 Å². The minimum Gasteiger partial charge on any atom is -0.484 e. The van der Waals surface area contributed by atoms with Crippen molar-refractivity contribution >= 4 is 44.9 Å². The van der Waals surface area contributed by atoms with Gasteiger partial charge in [-0.1, -0.05) is 48.0 Å². The fourth-order valence-corrected chi connectivity index (χ4v) is 2.74. The van der Waals surface area contributed by atoms with Crippen LogP contribution in [-0.4, -0.2) is 17.6 Å². The molecule has 0 unspecified atom stereocenters. The van der Waals surface area contributed by atoms with Crippen LogP contribution in [0.3, 0.4) is 0 Å². The third kappa shape index (κ3) is 6.14. The summed E-state index contributed by atoms with van der Waals surface area (Å²) in [7, 11) is 0. The molecule has 0 bridgehead atoms. The second-order valence-corrected chi connectivity index (χ2v) is 6.97. The summed E-state index contributed by atoms with van der Waals surface area (Å²) in [6.45, 7) is 4.20. The molecule has 2 rings (SSSR count). The van der Waals surface area contributed by atoms with E-state index in [0.717, 1.165) is 16.6 Å². The molecule has 0 fully saturated rings. The lowest BCUT2D eigenvalue weighted by molar-refractivity contribution is -0.121. The maximum Gasteiger partial charge on any atom is 0.264 e. The van der Waals surface area contributed by atoms with Crippen molar-refractivity contribution in [2.45, 2.75) is 26.2 Å². The number of amides is 1. The first-order valence-corrected chi connectivity index (χ1v) is 9.27. The average molecular weight is 421 g/mol. The van der Waals surface area contributed by atoms with Gasteiger partial charge in [0.25, 0.3) is 5.91 Å². The molecule has 1 amide bonds. The van der Waals surface area contributed by atoms with Crippen LogP contribution in [-0.2, 0) is 4.79 Å². The molecule has 2 aromatic rings. The van der Waals surface area contributed by atoms with Crippen molar-refractivity contribution in [1.82, 2.24) is 5.32 Å². The van der Waals surface area contributed by atoms with Gasteiger partial charge in [-0.25, -0.2) is 0 Å². The Morgan fingerprint density at radius 2 is 1.88 bits per heavy atom. The molecule has 4 nitrogen and oxygen atoms in total. The number of nitrogens with one attached hydrogen (secondary N) is 2. The van der Waals surface area contributed by atoms with Crippen molar-refractivity contribution in [3.8, 4) is 5.75 Å². The van der Waals surface area contributed by atoms with E-state index >= 15 is 0 Å². The van der Waals surface area contributed by atoms with Gasteiger partial charge in [-0.15, -0.1) is 0 Å². The Bertz CT molecular complexity index is 734. The van der Waals surface area contributed by atoms with Gasteiger partial charge in [0.2, 0.25) is 0 Å². The minimum absolute atomic E-state index is 0.101. The highest BCUT2D eigenvalue weighted by Gasteiger charge is 2.11. The third-order valence-corrected chi connectivity index (χ3v) is 4.52. The van der Waals surface area contributed by atoms with E-state index in [-0.39, 0.29) is 17.6 Å². The van der Waals surface area contributed by atoms with Crippen LogP contribution in [0.2, 0.25) is 0 Å². The summed E-state index contributed by atoms with van der Waals surface area (Å²) in [4.78, 5) is 12.0. The predicted octanol–water partition coefficient (Wildman–Crippen LogP) is 4.85. The summed E-state index contributed by atoms with van der Waals surface area (Å²) in [5.74, 6) is 0.726. The van der Waals surface area contributed by atoms with Gasteiger partial charge in [0, 0.05) is 10.2 Å². The molecular weight excluding hydrogens is 400 g/mol. The Morgan fingerprint density at radius 3 is 2.56 bits per heavy atom. The lowest BCUT2D eigenvalue weighted by Gasteiger charge is -2.17. The van der Waals surface area contributed by atoms with Crippen LogP contribution in [0.1, 0.15) is 31.7 Å². The summed E-state index contributed by atoms with van der Waals surface area (Å²) in [6, 6.07) is 15.2. The summed E-state index contributed by atoms with van der Waals surface area (Å²) < 4.78 is 6.39. The molecule has 0 aliphatic heterocycles. The van der Waals surface area contributed by atoms with E-state index < -0.39 is 0 Å². The molecule has 0 saturated carbocycles. The number of ether oxygens (including phenoxy) is 1. The molecule has 0 radical (unpaired) electrons. The van der Waals surface area contributed by atoms with Crippen LogP contribution in [0.4, 0.5) is 5.69 Å². The van der Waals surface area contributed by atoms with Crippen LogP contribution < -0.4 is 15.4 Å². The molecular formula is C19H21BrN2O2S. The number of halogens is 1.